The van der Waals surface area contributed by atoms with Crippen LogP contribution in [0.4, 0.5) is 0 Å². The molecule has 0 radical (unpaired) electrons. The van der Waals surface area contributed by atoms with Crippen LogP contribution < -0.4 is 0 Å². The lowest BCUT2D eigenvalue weighted by atomic mass is 10.1. The van der Waals surface area contributed by atoms with Gasteiger partial charge in [-0.15, -0.1) is 0 Å². The Bertz CT molecular complexity index is 634. The van der Waals surface area contributed by atoms with Crippen molar-refractivity contribution < 1.29 is 13.2 Å². The van der Waals surface area contributed by atoms with Gasteiger partial charge in [0, 0.05) is 18.3 Å². The zero-order chi connectivity index (χ0) is 15.0. The van der Waals surface area contributed by atoms with E-state index in [1.54, 1.807) is 4.90 Å². The summed E-state index contributed by atoms with van der Waals surface area (Å²) in [5, 5.41) is 6.93. The van der Waals surface area contributed by atoms with E-state index in [2.05, 4.69) is 10.2 Å². The van der Waals surface area contributed by atoms with E-state index >= 15 is 0 Å². The fourth-order valence-corrected chi connectivity index (χ4v) is 4.76. The SMILES string of the molecule is Cc1cc(CC(=O)N2CCCS(=O)(=O)CC2C2CC2)n[nH]1. The summed E-state index contributed by atoms with van der Waals surface area (Å²) in [7, 11) is -3.02. The molecule has 0 spiro atoms. The molecule has 7 heteroatoms. The molecule has 1 amide bonds. The van der Waals surface area contributed by atoms with Gasteiger partial charge in [-0.05, 0) is 38.2 Å². The van der Waals surface area contributed by atoms with Crippen molar-refractivity contribution in [2.24, 2.45) is 5.92 Å². The number of sulfone groups is 1. The topological polar surface area (TPSA) is 83.1 Å². The van der Waals surface area contributed by atoms with Crippen molar-refractivity contribution in [3.8, 4) is 0 Å². The predicted octanol–water partition coefficient (Wildman–Crippen LogP) is 0.686. The second kappa shape index (κ2) is 5.44. The van der Waals surface area contributed by atoms with Gasteiger partial charge < -0.3 is 4.90 Å². The fourth-order valence-electron chi connectivity index (χ4n) is 3.06. The number of nitrogens with zero attached hydrogens (tertiary/aromatic N) is 2. The van der Waals surface area contributed by atoms with E-state index in [1.165, 1.54) is 0 Å². The van der Waals surface area contributed by atoms with Crippen LogP contribution in [0.1, 0.15) is 30.7 Å². The summed E-state index contributed by atoms with van der Waals surface area (Å²) in [4.78, 5) is 14.4. The smallest absolute Gasteiger partial charge is 0.228 e. The summed E-state index contributed by atoms with van der Waals surface area (Å²) in [6.45, 7) is 2.44. The van der Waals surface area contributed by atoms with Gasteiger partial charge in [0.2, 0.25) is 5.91 Å². The minimum atomic E-state index is -3.02. The first kappa shape index (κ1) is 14.6. The molecule has 1 aliphatic carbocycles. The highest BCUT2D eigenvalue weighted by Gasteiger charge is 2.41. The van der Waals surface area contributed by atoms with Crippen molar-refractivity contribution >= 4 is 15.7 Å². The van der Waals surface area contributed by atoms with Crippen LogP contribution in [-0.4, -0.2) is 53.5 Å². The quantitative estimate of drug-likeness (QED) is 0.890. The molecule has 1 aliphatic heterocycles. The van der Waals surface area contributed by atoms with Gasteiger partial charge in [-0.2, -0.15) is 5.10 Å². The van der Waals surface area contributed by atoms with Crippen molar-refractivity contribution in [2.75, 3.05) is 18.1 Å². The van der Waals surface area contributed by atoms with Crippen molar-refractivity contribution in [3.05, 3.63) is 17.5 Å². The maximum Gasteiger partial charge on any atom is 0.228 e. The molecule has 21 heavy (non-hydrogen) atoms. The van der Waals surface area contributed by atoms with Gasteiger partial charge in [-0.1, -0.05) is 0 Å². The lowest BCUT2D eigenvalue weighted by Crippen LogP contribution is -2.44. The minimum Gasteiger partial charge on any atom is -0.338 e. The van der Waals surface area contributed by atoms with E-state index in [1.807, 2.05) is 13.0 Å². The third-order valence-corrected chi connectivity index (χ3v) is 6.02. The molecule has 3 rings (SSSR count). The number of aromatic nitrogens is 2. The third kappa shape index (κ3) is 3.45. The van der Waals surface area contributed by atoms with Gasteiger partial charge >= 0.3 is 0 Å². The zero-order valence-electron chi connectivity index (χ0n) is 12.2. The number of carbonyl (C=O) groups is 1. The molecular weight excluding hydrogens is 290 g/mol. The average molecular weight is 311 g/mol. The van der Waals surface area contributed by atoms with Gasteiger partial charge in [-0.3, -0.25) is 9.89 Å². The van der Waals surface area contributed by atoms with E-state index in [-0.39, 0.29) is 29.9 Å². The second-order valence-corrected chi connectivity index (χ2v) is 8.41. The monoisotopic (exact) mass is 311 g/mol. The molecular formula is C14H21N3O3S. The number of hydrogen-bond donors (Lipinski definition) is 1. The first-order valence-electron chi connectivity index (χ1n) is 7.45. The van der Waals surface area contributed by atoms with Crippen molar-refractivity contribution in [2.45, 2.75) is 38.6 Å². The highest BCUT2D eigenvalue weighted by Crippen LogP contribution is 2.37. The summed E-state index contributed by atoms with van der Waals surface area (Å²) < 4.78 is 24.0. The Morgan fingerprint density at radius 3 is 2.86 bits per heavy atom. The summed E-state index contributed by atoms with van der Waals surface area (Å²) in [5.41, 5.74) is 1.65. The van der Waals surface area contributed by atoms with Crippen LogP contribution in [0.5, 0.6) is 0 Å². The predicted molar refractivity (Wildman–Crippen MR) is 78.5 cm³/mol. The molecule has 6 nitrogen and oxygen atoms in total. The number of aryl methyl sites for hydroxylation is 1. The van der Waals surface area contributed by atoms with Crippen LogP contribution >= 0.6 is 0 Å². The Kier molecular flexibility index (Phi) is 3.77. The fraction of sp³-hybridized carbons (Fsp3) is 0.714. The first-order chi connectivity index (χ1) is 9.94. The molecule has 1 atom stereocenters. The highest BCUT2D eigenvalue weighted by molar-refractivity contribution is 7.91. The first-order valence-corrected chi connectivity index (χ1v) is 9.27. The Balaban J connectivity index is 1.76. The molecule has 1 saturated carbocycles. The second-order valence-electron chi connectivity index (χ2n) is 6.18. The summed E-state index contributed by atoms with van der Waals surface area (Å²) in [5.74, 6) is 0.683. The summed E-state index contributed by atoms with van der Waals surface area (Å²) in [6, 6.07) is 1.73. The average Bonchev–Trinajstić information content (AvgIpc) is 3.17. The molecule has 0 aromatic carbocycles. The van der Waals surface area contributed by atoms with Crippen molar-refractivity contribution in [1.82, 2.24) is 15.1 Å². The van der Waals surface area contributed by atoms with E-state index in [4.69, 9.17) is 0 Å². The molecule has 1 aromatic rings. The molecule has 1 aromatic heterocycles. The van der Waals surface area contributed by atoms with Crippen LogP contribution in [-0.2, 0) is 21.1 Å². The third-order valence-electron chi connectivity index (χ3n) is 4.26. The molecule has 1 unspecified atom stereocenters. The van der Waals surface area contributed by atoms with Crippen LogP contribution in [0.25, 0.3) is 0 Å². The maximum absolute atomic E-state index is 12.6. The minimum absolute atomic E-state index is 0.00417. The van der Waals surface area contributed by atoms with E-state index in [0.29, 0.717) is 18.9 Å². The molecule has 1 N–H and O–H groups in total. The van der Waals surface area contributed by atoms with E-state index < -0.39 is 9.84 Å². The molecule has 116 valence electrons. The molecule has 2 heterocycles. The number of rotatable bonds is 3. The number of nitrogens with one attached hydrogen (secondary N) is 1. The van der Waals surface area contributed by atoms with Gasteiger partial charge in [0.15, 0.2) is 9.84 Å². The maximum atomic E-state index is 12.6. The van der Waals surface area contributed by atoms with Gasteiger partial charge in [0.05, 0.1) is 23.6 Å². The highest BCUT2D eigenvalue weighted by atomic mass is 32.2. The summed E-state index contributed by atoms with van der Waals surface area (Å²) in [6.07, 6.45) is 2.85. The zero-order valence-corrected chi connectivity index (χ0v) is 13.0. The van der Waals surface area contributed by atoms with E-state index in [9.17, 15) is 13.2 Å². The normalized spacial score (nSPS) is 25.6. The Morgan fingerprint density at radius 1 is 1.48 bits per heavy atom. The van der Waals surface area contributed by atoms with E-state index in [0.717, 1.165) is 24.2 Å². The molecule has 2 aliphatic rings. The Hall–Kier alpha value is -1.37. The summed E-state index contributed by atoms with van der Waals surface area (Å²) >= 11 is 0. The number of aromatic amines is 1. The van der Waals surface area contributed by atoms with Crippen LogP contribution in [0, 0.1) is 12.8 Å². The van der Waals surface area contributed by atoms with Gasteiger partial charge in [-0.25, -0.2) is 8.42 Å². The van der Waals surface area contributed by atoms with Crippen molar-refractivity contribution in [3.63, 3.8) is 0 Å². The number of H-pyrrole nitrogens is 1. The number of carbonyl (C=O) groups excluding carboxylic acids is 1. The lowest BCUT2D eigenvalue weighted by Gasteiger charge is -2.29. The molecule has 2 fully saturated rings. The van der Waals surface area contributed by atoms with Crippen LogP contribution in [0.3, 0.4) is 0 Å². The van der Waals surface area contributed by atoms with Crippen LogP contribution in [0.15, 0.2) is 6.07 Å². The standard InChI is InChI=1S/C14H21N3O3S/c1-10-7-12(16-15-10)8-14(18)17-5-2-6-21(19,20)9-13(17)11-3-4-11/h7,11,13H,2-6,8-9H2,1H3,(H,15,16). The molecule has 1 saturated heterocycles. The van der Waals surface area contributed by atoms with Crippen molar-refractivity contribution in [1.29, 1.82) is 0 Å². The van der Waals surface area contributed by atoms with Crippen LogP contribution in [0.2, 0.25) is 0 Å². The number of hydrogen-bond acceptors (Lipinski definition) is 4. The molecule has 0 bridgehead atoms. The Morgan fingerprint density at radius 2 is 2.24 bits per heavy atom. The van der Waals surface area contributed by atoms with Gasteiger partial charge in [0.25, 0.3) is 0 Å². The lowest BCUT2D eigenvalue weighted by molar-refractivity contribution is -0.132. The van der Waals surface area contributed by atoms with Gasteiger partial charge in [0.1, 0.15) is 0 Å². The largest absolute Gasteiger partial charge is 0.338 e. The Labute approximate surface area is 124 Å². The number of amides is 1.